The number of carbonyl (C=O) groups excluding carboxylic acids is 1. The number of benzene rings is 1. The van der Waals surface area contributed by atoms with Gasteiger partial charge in [-0.1, -0.05) is 6.07 Å². The van der Waals surface area contributed by atoms with Crippen LogP contribution in [-0.4, -0.2) is 71.0 Å². The highest BCUT2D eigenvalue weighted by Crippen LogP contribution is 2.32. The number of nitrogens with one attached hydrogen (secondary N) is 2. The molecule has 1 amide bonds. The van der Waals surface area contributed by atoms with E-state index in [4.69, 9.17) is 14.2 Å². The first kappa shape index (κ1) is 22.3. The third kappa shape index (κ3) is 7.24. The number of aliphatic imine (C=N–C) groups is 1. The Balaban J connectivity index is 0.00000338. The molecule has 0 unspecified atom stereocenters. The lowest BCUT2D eigenvalue weighted by atomic mass is 10.1. The molecule has 1 aliphatic rings. The molecule has 0 radical (unpaired) electrons. The summed E-state index contributed by atoms with van der Waals surface area (Å²) in [6, 6.07) is 5.91. The molecule has 1 heterocycles. The predicted octanol–water partition coefficient (Wildman–Crippen LogP) is 0.846. The molecule has 1 aromatic rings. The van der Waals surface area contributed by atoms with E-state index >= 15 is 0 Å². The average molecular weight is 478 g/mol. The smallest absolute Gasteiger partial charge is 0.243 e. The van der Waals surface area contributed by atoms with Crippen LogP contribution in [-0.2, 0) is 16.0 Å². The van der Waals surface area contributed by atoms with Gasteiger partial charge in [-0.05, 0) is 24.1 Å². The normalized spacial score (nSPS) is 12.3. The molecule has 1 aliphatic heterocycles. The van der Waals surface area contributed by atoms with Crippen molar-refractivity contribution in [2.75, 3.05) is 54.2 Å². The number of guanidine groups is 1. The molecule has 0 atom stereocenters. The molecular weight excluding hydrogens is 451 g/mol. The van der Waals surface area contributed by atoms with Crippen LogP contribution < -0.4 is 20.1 Å². The molecule has 26 heavy (non-hydrogen) atoms. The monoisotopic (exact) mass is 478 g/mol. The first-order valence-corrected chi connectivity index (χ1v) is 8.20. The molecule has 146 valence electrons. The lowest BCUT2D eigenvalue weighted by Crippen LogP contribution is -2.40. The quantitative estimate of drug-likeness (QED) is 0.250. The third-order valence-electron chi connectivity index (χ3n) is 3.61. The van der Waals surface area contributed by atoms with E-state index in [1.807, 2.05) is 18.2 Å². The number of hydrogen-bond acceptors (Lipinski definition) is 5. The second-order valence-electron chi connectivity index (χ2n) is 5.74. The Morgan fingerprint density at radius 3 is 2.69 bits per heavy atom. The Hall–Kier alpha value is -1.75. The molecule has 0 bridgehead atoms. The van der Waals surface area contributed by atoms with Gasteiger partial charge in [0, 0.05) is 34.3 Å². The summed E-state index contributed by atoms with van der Waals surface area (Å²) >= 11 is 0. The van der Waals surface area contributed by atoms with Gasteiger partial charge in [0.1, 0.15) is 6.54 Å². The Bertz CT molecular complexity index is 610. The van der Waals surface area contributed by atoms with E-state index in [0.29, 0.717) is 25.7 Å². The largest absolute Gasteiger partial charge is 0.454 e. The number of ether oxygens (including phenoxy) is 3. The van der Waals surface area contributed by atoms with E-state index in [-0.39, 0.29) is 43.2 Å². The number of fused-ring (bicyclic) bond motifs is 1. The van der Waals surface area contributed by atoms with Gasteiger partial charge in [0.15, 0.2) is 17.5 Å². The second-order valence-corrected chi connectivity index (χ2v) is 5.74. The van der Waals surface area contributed by atoms with Crippen molar-refractivity contribution >= 4 is 35.8 Å². The minimum absolute atomic E-state index is 0. The van der Waals surface area contributed by atoms with Crippen LogP contribution >= 0.6 is 24.0 Å². The zero-order chi connectivity index (χ0) is 18.1. The van der Waals surface area contributed by atoms with E-state index in [0.717, 1.165) is 23.5 Å². The Morgan fingerprint density at radius 2 is 1.96 bits per heavy atom. The lowest BCUT2D eigenvalue weighted by molar-refractivity contribution is -0.127. The predicted molar refractivity (Wildman–Crippen MR) is 111 cm³/mol. The van der Waals surface area contributed by atoms with E-state index in [1.165, 1.54) is 4.90 Å². The standard InChI is InChI=1S/C17H26N4O4.HI/c1-21(2)16(22)11-20-17(19-8-9-23-3)18-7-6-13-4-5-14-15(10-13)25-12-24-14;/h4-5,10H,6-9,11-12H2,1-3H3,(H2,18,19,20);1H. The van der Waals surface area contributed by atoms with Crippen LogP contribution in [0.3, 0.4) is 0 Å². The molecule has 0 saturated carbocycles. The van der Waals surface area contributed by atoms with Crippen molar-refractivity contribution in [3.8, 4) is 11.5 Å². The summed E-state index contributed by atoms with van der Waals surface area (Å²) in [5.41, 5.74) is 1.14. The SMILES string of the molecule is COCCNC(=NCC(=O)N(C)C)NCCc1ccc2c(c1)OCO2.I. The molecule has 2 N–H and O–H groups in total. The maximum Gasteiger partial charge on any atom is 0.243 e. The molecule has 0 saturated heterocycles. The van der Waals surface area contributed by atoms with Gasteiger partial charge in [-0.15, -0.1) is 24.0 Å². The van der Waals surface area contributed by atoms with Crippen molar-refractivity contribution in [1.29, 1.82) is 0 Å². The van der Waals surface area contributed by atoms with Crippen molar-refractivity contribution in [2.24, 2.45) is 4.99 Å². The van der Waals surface area contributed by atoms with Crippen molar-refractivity contribution in [2.45, 2.75) is 6.42 Å². The zero-order valence-corrected chi connectivity index (χ0v) is 17.7. The lowest BCUT2D eigenvalue weighted by Gasteiger charge is -2.13. The van der Waals surface area contributed by atoms with E-state index in [2.05, 4.69) is 15.6 Å². The highest BCUT2D eigenvalue weighted by atomic mass is 127. The minimum Gasteiger partial charge on any atom is -0.454 e. The molecule has 0 aliphatic carbocycles. The molecule has 1 aromatic carbocycles. The van der Waals surface area contributed by atoms with Gasteiger partial charge in [-0.25, -0.2) is 4.99 Å². The Labute approximate surface area is 171 Å². The second kappa shape index (κ2) is 11.8. The van der Waals surface area contributed by atoms with Crippen molar-refractivity contribution < 1.29 is 19.0 Å². The number of nitrogens with zero attached hydrogens (tertiary/aromatic N) is 2. The van der Waals surface area contributed by atoms with Crippen molar-refractivity contribution in [3.63, 3.8) is 0 Å². The molecule has 2 rings (SSSR count). The Kier molecular flexibility index (Phi) is 10.1. The van der Waals surface area contributed by atoms with Crippen LogP contribution in [0.4, 0.5) is 0 Å². The van der Waals surface area contributed by atoms with Crippen LogP contribution in [0.2, 0.25) is 0 Å². The van der Waals surface area contributed by atoms with E-state index < -0.39 is 0 Å². The molecule has 8 nitrogen and oxygen atoms in total. The topological polar surface area (TPSA) is 84.4 Å². The number of likely N-dealkylation sites (N-methyl/N-ethyl adjacent to an activating group) is 1. The first-order valence-electron chi connectivity index (χ1n) is 8.20. The molecule has 0 spiro atoms. The number of carbonyl (C=O) groups is 1. The van der Waals surface area contributed by atoms with Gasteiger partial charge in [-0.3, -0.25) is 4.79 Å². The minimum atomic E-state index is -0.0522. The van der Waals surface area contributed by atoms with Crippen LogP contribution in [0.5, 0.6) is 11.5 Å². The molecular formula is C17H27IN4O4. The molecule has 9 heteroatoms. The zero-order valence-electron chi connectivity index (χ0n) is 15.4. The number of hydrogen-bond donors (Lipinski definition) is 2. The molecule has 0 fully saturated rings. The van der Waals surface area contributed by atoms with Crippen LogP contribution in [0, 0.1) is 0 Å². The fourth-order valence-electron chi connectivity index (χ4n) is 2.16. The van der Waals surface area contributed by atoms with Crippen molar-refractivity contribution in [3.05, 3.63) is 23.8 Å². The number of halogens is 1. The number of methoxy groups -OCH3 is 1. The van der Waals surface area contributed by atoms with Gasteiger partial charge >= 0.3 is 0 Å². The van der Waals surface area contributed by atoms with Crippen molar-refractivity contribution in [1.82, 2.24) is 15.5 Å². The summed E-state index contributed by atoms with van der Waals surface area (Å²) < 4.78 is 15.7. The summed E-state index contributed by atoms with van der Waals surface area (Å²) in [4.78, 5) is 17.5. The summed E-state index contributed by atoms with van der Waals surface area (Å²) in [5.74, 6) is 2.10. The maximum absolute atomic E-state index is 11.7. The number of rotatable bonds is 8. The highest BCUT2D eigenvalue weighted by molar-refractivity contribution is 14.0. The fourth-order valence-corrected chi connectivity index (χ4v) is 2.16. The summed E-state index contributed by atoms with van der Waals surface area (Å²) in [5, 5.41) is 6.37. The van der Waals surface area contributed by atoms with Gasteiger partial charge < -0.3 is 29.7 Å². The first-order chi connectivity index (χ1) is 12.1. The highest BCUT2D eigenvalue weighted by Gasteiger charge is 2.13. The molecule has 0 aromatic heterocycles. The summed E-state index contributed by atoms with van der Waals surface area (Å²) in [6.07, 6.45) is 0.795. The van der Waals surface area contributed by atoms with Gasteiger partial charge in [-0.2, -0.15) is 0 Å². The number of amides is 1. The van der Waals surface area contributed by atoms with Crippen LogP contribution in [0.1, 0.15) is 5.56 Å². The Morgan fingerprint density at radius 1 is 1.23 bits per heavy atom. The van der Waals surface area contributed by atoms with E-state index in [1.54, 1.807) is 21.2 Å². The van der Waals surface area contributed by atoms with Crippen LogP contribution in [0.15, 0.2) is 23.2 Å². The van der Waals surface area contributed by atoms with Gasteiger partial charge in [0.25, 0.3) is 0 Å². The summed E-state index contributed by atoms with van der Waals surface area (Å²) in [7, 11) is 5.06. The fraction of sp³-hybridized carbons (Fsp3) is 0.529. The third-order valence-corrected chi connectivity index (χ3v) is 3.61. The summed E-state index contributed by atoms with van der Waals surface area (Å²) in [6.45, 7) is 2.22. The van der Waals surface area contributed by atoms with E-state index in [9.17, 15) is 4.79 Å². The van der Waals surface area contributed by atoms with Gasteiger partial charge in [0.2, 0.25) is 12.7 Å². The van der Waals surface area contributed by atoms with Gasteiger partial charge in [0.05, 0.1) is 6.61 Å². The maximum atomic E-state index is 11.7. The van der Waals surface area contributed by atoms with Crippen LogP contribution in [0.25, 0.3) is 0 Å². The average Bonchev–Trinajstić information content (AvgIpc) is 3.06.